The summed E-state index contributed by atoms with van der Waals surface area (Å²) in [5, 5.41) is 0.979. The summed E-state index contributed by atoms with van der Waals surface area (Å²) in [6, 6.07) is 9.98. The van der Waals surface area contributed by atoms with Crippen molar-refractivity contribution >= 4 is 21.9 Å². The minimum Gasteiger partial charge on any atom is -0.455 e. The molecule has 24 heavy (non-hydrogen) atoms. The van der Waals surface area contributed by atoms with Crippen LogP contribution in [0.2, 0.25) is 0 Å². The highest BCUT2D eigenvalue weighted by Gasteiger charge is 2.22. The molecule has 0 amide bonds. The molecule has 2 aromatic heterocycles. The van der Waals surface area contributed by atoms with Gasteiger partial charge in [-0.15, -0.1) is 0 Å². The number of fused-ring (bicyclic) bond motifs is 3. The molecule has 4 rings (SSSR count). The fraction of sp³-hybridized carbons (Fsp3) is 0.150. The molecular weight excluding hydrogens is 308 g/mol. The number of nitrogens with zero attached hydrogens (tertiary/aromatic N) is 1. The third kappa shape index (κ3) is 2.10. The minimum atomic E-state index is -0.640. The highest BCUT2D eigenvalue weighted by atomic mass is 19.1. The first-order chi connectivity index (χ1) is 11.5. The molecule has 4 heteroatoms. The van der Waals surface area contributed by atoms with Crippen molar-refractivity contribution in [2.75, 3.05) is 0 Å². The molecule has 2 nitrogen and oxygen atoms in total. The Morgan fingerprint density at radius 2 is 1.79 bits per heavy atom. The first kappa shape index (κ1) is 14.8. The van der Waals surface area contributed by atoms with E-state index in [1.54, 1.807) is 0 Å². The van der Waals surface area contributed by atoms with Crippen LogP contribution >= 0.6 is 0 Å². The van der Waals surface area contributed by atoms with Gasteiger partial charge < -0.3 is 4.42 Å². The average molecular weight is 324 g/mol. The van der Waals surface area contributed by atoms with Crippen LogP contribution in [0.25, 0.3) is 33.2 Å². The highest BCUT2D eigenvalue weighted by molar-refractivity contribution is 6.10. The zero-order valence-corrected chi connectivity index (χ0v) is 13.7. The SMILES string of the molecule is Cc1cc[n+](C)c(-c2c(C)ccc3c2oc2cc(F)cc(F)c23)c1. The van der Waals surface area contributed by atoms with Crippen LogP contribution in [-0.2, 0) is 7.05 Å². The number of benzene rings is 2. The van der Waals surface area contributed by atoms with Crippen molar-refractivity contribution in [3.63, 3.8) is 0 Å². The number of hydrogen-bond acceptors (Lipinski definition) is 1. The summed E-state index contributed by atoms with van der Waals surface area (Å²) < 4.78 is 35.7. The molecule has 0 saturated carbocycles. The summed E-state index contributed by atoms with van der Waals surface area (Å²) in [7, 11) is 1.95. The van der Waals surface area contributed by atoms with Gasteiger partial charge >= 0.3 is 0 Å². The largest absolute Gasteiger partial charge is 0.455 e. The topological polar surface area (TPSA) is 17.0 Å². The van der Waals surface area contributed by atoms with Crippen molar-refractivity contribution in [1.29, 1.82) is 0 Å². The van der Waals surface area contributed by atoms with E-state index in [-0.39, 0.29) is 5.58 Å². The predicted molar refractivity (Wildman–Crippen MR) is 89.7 cm³/mol. The van der Waals surface area contributed by atoms with Gasteiger partial charge in [0.2, 0.25) is 5.69 Å². The molecule has 0 atom stereocenters. The lowest BCUT2D eigenvalue weighted by Crippen LogP contribution is -2.30. The van der Waals surface area contributed by atoms with Gasteiger partial charge in [0.05, 0.1) is 10.9 Å². The molecule has 0 bridgehead atoms. The normalized spacial score (nSPS) is 11.5. The monoisotopic (exact) mass is 324 g/mol. The number of furan rings is 1. The molecule has 0 aliphatic carbocycles. The van der Waals surface area contributed by atoms with Crippen molar-refractivity contribution in [2.24, 2.45) is 7.05 Å². The Morgan fingerprint density at radius 3 is 2.58 bits per heavy atom. The second kappa shape index (κ2) is 5.13. The van der Waals surface area contributed by atoms with Gasteiger partial charge in [-0.05, 0) is 25.0 Å². The summed E-state index contributed by atoms with van der Waals surface area (Å²) in [5.41, 5.74) is 4.81. The molecule has 0 N–H and O–H groups in total. The smallest absolute Gasteiger partial charge is 0.216 e. The fourth-order valence-electron chi connectivity index (χ4n) is 3.23. The maximum Gasteiger partial charge on any atom is 0.216 e. The molecule has 0 radical (unpaired) electrons. The summed E-state index contributed by atoms with van der Waals surface area (Å²) >= 11 is 0. The van der Waals surface area contributed by atoms with E-state index in [2.05, 4.69) is 6.07 Å². The molecule has 0 spiro atoms. The molecule has 0 fully saturated rings. The second-order valence-corrected chi connectivity index (χ2v) is 6.20. The number of hydrogen-bond donors (Lipinski definition) is 0. The lowest BCUT2D eigenvalue weighted by atomic mass is 10.00. The third-order valence-corrected chi connectivity index (χ3v) is 4.43. The highest BCUT2D eigenvalue weighted by Crippen LogP contribution is 2.38. The number of aryl methyl sites for hydroxylation is 3. The maximum atomic E-state index is 14.3. The average Bonchev–Trinajstić information content (AvgIpc) is 2.88. The van der Waals surface area contributed by atoms with E-state index in [0.29, 0.717) is 16.4 Å². The molecule has 120 valence electrons. The van der Waals surface area contributed by atoms with Gasteiger partial charge in [0, 0.05) is 29.7 Å². The van der Waals surface area contributed by atoms with Crippen LogP contribution in [-0.4, -0.2) is 0 Å². The number of pyridine rings is 1. The molecule has 0 aliphatic rings. The summed E-state index contributed by atoms with van der Waals surface area (Å²) in [6.45, 7) is 4.01. The fourth-order valence-corrected chi connectivity index (χ4v) is 3.23. The lowest BCUT2D eigenvalue weighted by molar-refractivity contribution is -0.660. The van der Waals surface area contributed by atoms with Crippen molar-refractivity contribution in [3.8, 4) is 11.3 Å². The first-order valence-corrected chi connectivity index (χ1v) is 7.73. The quantitative estimate of drug-likeness (QED) is 0.452. The summed E-state index contributed by atoms with van der Waals surface area (Å²) in [4.78, 5) is 0. The zero-order chi connectivity index (χ0) is 17.0. The van der Waals surface area contributed by atoms with Gasteiger partial charge in [0.25, 0.3) is 0 Å². The predicted octanol–water partition coefficient (Wildman–Crippen LogP) is 4.97. The van der Waals surface area contributed by atoms with E-state index in [4.69, 9.17) is 4.42 Å². The molecule has 0 saturated heterocycles. The van der Waals surface area contributed by atoms with Crippen LogP contribution in [0.1, 0.15) is 11.1 Å². The van der Waals surface area contributed by atoms with Crippen LogP contribution < -0.4 is 4.57 Å². The summed E-state index contributed by atoms with van der Waals surface area (Å²) in [5.74, 6) is -1.24. The van der Waals surface area contributed by atoms with E-state index in [9.17, 15) is 8.78 Å². The van der Waals surface area contributed by atoms with E-state index in [1.165, 1.54) is 6.07 Å². The molecule has 4 aromatic rings. The van der Waals surface area contributed by atoms with E-state index < -0.39 is 11.6 Å². The number of aromatic nitrogens is 1. The van der Waals surface area contributed by atoms with Crippen molar-refractivity contribution in [2.45, 2.75) is 13.8 Å². The third-order valence-electron chi connectivity index (χ3n) is 4.43. The van der Waals surface area contributed by atoms with Crippen LogP contribution in [0.15, 0.2) is 47.0 Å². The molecule has 0 aliphatic heterocycles. The van der Waals surface area contributed by atoms with Gasteiger partial charge in [0.15, 0.2) is 6.20 Å². The van der Waals surface area contributed by atoms with E-state index in [0.717, 1.165) is 28.5 Å². The van der Waals surface area contributed by atoms with Crippen molar-refractivity contribution in [1.82, 2.24) is 0 Å². The van der Waals surface area contributed by atoms with Gasteiger partial charge in [0.1, 0.15) is 29.8 Å². The van der Waals surface area contributed by atoms with E-state index in [1.807, 2.05) is 49.9 Å². The van der Waals surface area contributed by atoms with Gasteiger partial charge in [-0.1, -0.05) is 12.1 Å². The zero-order valence-electron chi connectivity index (χ0n) is 13.7. The standard InChI is InChI=1S/C20H16F2NO/c1-11-6-7-23(3)16(8-11)18-12(2)4-5-14-19-15(22)9-13(21)10-17(19)24-20(14)18/h4-10H,1-3H3/q+1. The van der Waals surface area contributed by atoms with Crippen molar-refractivity contribution < 1.29 is 17.8 Å². The second-order valence-electron chi connectivity index (χ2n) is 6.20. The van der Waals surface area contributed by atoms with Crippen LogP contribution in [0.4, 0.5) is 8.78 Å². The minimum absolute atomic E-state index is 0.227. The Labute approximate surface area is 138 Å². The van der Waals surface area contributed by atoms with E-state index >= 15 is 0 Å². The molecular formula is C20H16F2NO+. The summed E-state index contributed by atoms with van der Waals surface area (Å²) in [6.07, 6.45) is 1.98. The van der Waals surface area contributed by atoms with Crippen LogP contribution in [0.3, 0.4) is 0 Å². The Hall–Kier alpha value is -2.75. The van der Waals surface area contributed by atoms with Gasteiger partial charge in [-0.25, -0.2) is 13.3 Å². The first-order valence-electron chi connectivity index (χ1n) is 7.73. The van der Waals surface area contributed by atoms with Gasteiger partial charge in [-0.2, -0.15) is 0 Å². The Bertz CT molecular complexity index is 1110. The Morgan fingerprint density at radius 1 is 1.00 bits per heavy atom. The molecule has 2 heterocycles. The van der Waals surface area contributed by atoms with Crippen molar-refractivity contribution in [3.05, 3.63) is 65.4 Å². The Kier molecular flexibility index (Phi) is 3.17. The molecule has 2 aromatic carbocycles. The number of halogens is 2. The lowest BCUT2D eigenvalue weighted by Gasteiger charge is -2.06. The Balaban J connectivity index is 2.18. The van der Waals surface area contributed by atoms with Crippen LogP contribution in [0, 0.1) is 25.5 Å². The number of rotatable bonds is 1. The van der Waals surface area contributed by atoms with Gasteiger partial charge in [-0.3, -0.25) is 0 Å². The maximum absolute atomic E-state index is 14.3. The molecule has 0 unspecified atom stereocenters. The van der Waals surface area contributed by atoms with Crippen LogP contribution in [0.5, 0.6) is 0 Å².